The summed E-state index contributed by atoms with van der Waals surface area (Å²) in [6.45, 7) is 2.03. The van der Waals surface area contributed by atoms with Crippen molar-refractivity contribution in [1.29, 1.82) is 0 Å². The minimum absolute atomic E-state index is 0.222. The molecule has 2 aliphatic heterocycles. The normalized spacial score (nSPS) is 40.4. The van der Waals surface area contributed by atoms with Crippen LogP contribution in [0.4, 0.5) is 0 Å². The number of fused-ring (bicyclic) bond motifs is 1. The van der Waals surface area contributed by atoms with Crippen LogP contribution in [0.5, 0.6) is 0 Å². The Kier molecular flexibility index (Phi) is 1.36. The Labute approximate surface area is 79.4 Å². The van der Waals surface area contributed by atoms with Gasteiger partial charge in [0.1, 0.15) is 0 Å². The highest BCUT2D eigenvalue weighted by Crippen LogP contribution is 2.43. The maximum absolute atomic E-state index is 5.78. The van der Waals surface area contributed by atoms with Crippen molar-refractivity contribution in [1.82, 2.24) is 3.11 Å². The number of ether oxygens (including phenoxy) is 1. The number of rotatable bonds is 0. The minimum Gasteiger partial charge on any atom is -0.474 e. The van der Waals surface area contributed by atoms with E-state index in [9.17, 15) is 0 Å². The Morgan fingerprint density at radius 1 is 1.82 bits per heavy atom. The SMILES string of the molecule is CC12OC=CC1C(N)=CN2I. The Morgan fingerprint density at radius 3 is 3.18 bits per heavy atom. The molecule has 4 heteroatoms. The van der Waals surface area contributed by atoms with E-state index in [-0.39, 0.29) is 11.6 Å². The Morgan fingerprint density at radius 2 is 2.55 bits per heavy atom. The molecule has 2 rings (SSSR count). The summed E-state index contributed by atoms with van der Waals surface area (Å²) >= 11 is 2.19. The average Bonchev–Trinajstić information content (AvgIpc) is 2.39. The highest BCUT2D eigenvalue weighted by Gasteiger charge is 2.47. The topological polar surface area (TPSA) is 38.5 Å². The molecule has 2 atom stereocenters. The molecule has 2 N–H and O–H groups in total. The van der Waals surface area contributed by atoms with Crippen molar-refractivity contribution < 1.29 is 4.74 Å². The third-order valence-corrected chi connectivity index (χ3v) is 3.44. The van der Waals surface area contributed by atoms with Crippen LogP contribution in [-0.2, 0) is 4.74 Å². The molecule has 2 unspecified atom stereocenters. The van der Waals surface area contributed by atoms with Gasteiger partial charge < -0.3 is 10.5 Å². The summed E-state index contributed by atoms with van der Waals surface area (Å²) in [5.74, 6) is 0.222. The molecule has 3 nitrogen and oxygen atoms in total. The van der Waals surface area contributed by atoms with Crippen molar-refractivity contribution in [2.45, 2.75) is 12.6 Å². The fourth-order valence-corrected chi connectivity index (χ4v) is 2.19. The Balaban J connectivity index is 2.38. The predicted octanol–water partition coefficient (Wildman–Crippen LogP) is 1.33. The Bertz CT molecular complexity index is 251. The van der Waals surface area contributed by atoms with Gasteiger partial charge in [-0.25, -0.2) is 0 Å². The lowest BCUT2D eigenvalue weighted by molar-refractivity contribution is -0.0127. The van der Waals surface area contributed by atoms with Crippen LogP contribution in [0.3, 0.4) is 0 Å². The molecule has 0 aromatic heterocycles. The van der Waals surface area contributed by atoms with Gasteiger partial charge in [0.25, 0.3) is 0 Å². The van der Waals surface area contributed by atoms with Crippen molar-refractivity contribution in [3.63, 3.8) is 0 Å². The summed E-state index contributed by atoms with van der Waals surface area (Å²) in [7, 11) is 0. The van der Waals surface area contributed by atoms with Crippen molar-refractivity contribution in [2.75, 3.05) is 0 Å². The summed E-state index contributed by atoms with van der Waals surface area (Å²) in [6.07, 6.45) is 5.62. The first-order valence-electron chi connectivity index (χ1n) is 3.41. The average molecular weight is 264 g/mol. The number of nitrogens with two attached hydrogens (primary N) is 1. The van der Waals surface area contributed by atoms with E-state index in [2.05, 4.69) is 22.9 Å². The quantitative estimate of drug-likeness (QED) is 0.530. The van der Waals surface area contributed by atoms with E-state index in [1.807, 2.05) is 22.3 Å². The van der Waals surface area contributed by atoms with Gasteiger partial charge in [0.2, 0.25) is 0 Å². The van der Waals surface area contributed by atoms with Crippen molar-refractivity contribution in [2.24, 2.45) is 11.7 Å². The molecule has 60 valence electrons. The molecule has 0 bridgehead atoms. The standard InChI is InChI=1S/C7H9IN2O/c1-7-5(2-3-11-7)6(9)4-10(7)8/h2-5H,9H2,1H3. The molecule has 0 saturated carbocycles. The van der Waals surface area contributed by atoms with Gasteiger partial charge in [-0.3, -0.25) is 3.11 Å². The smallest absolute Gasteiger partial charge is 0.198 e. The molecule has 0 aromatic carbocycles. The van der Waals surface area contributed by atoms with Gasteiger partial charge in [0.15, 0.2) is 5.72 Å². The summed E-state index contributed by atoms with van der Waals surface area (Å²) in [6, 6.07) is 0. The minimum atomic E-state index is -0.273. The number of hydrogen-bond donors (Lipinski definition) is 1. The lowest BCUT2D eigenvalue weighted by atomic mass is 10.00. The van der Waals surface area contributed by atoms with E-state index < -0.39 is 0 Å². The second-order valence-corrected chi connectivity index (χ2v) is 3.96. The van der Waals surface area contributed by atoms with Crippen molar-refractivity contribution in [3.05, 3.63) is 24.2 Å². The van der Waals surface area contributed by atoms with Crippen molar-refractivity contribution in [3.8, 4) is 0 Å². The zero-order chi connectivity index (χ0) is 8.06. The van der Waals surface area contributed by atoms with E-state index in [0.717, 1.165) is 5.70 Å². The number of nitrogens with zero attached hydrogens (tertiary/aromatic N) is 1. The van der Waals surface area contributed by atoms with Crippen LogP contribution in [0.15, 0.2) is 24.2 Å². The lowest BCUT2D eigenvalue weighted by Gasteiger charge is -2.30. The summed E-state index contributed by atoms with van der Waals surface area (Å²) < 4.78 is 7.43. The second-order valence-electron chi connectivity index (χ2n) is 2.92. The fourth-order valence-electron chi connectivity index (χ4n) is 1.45. The maximum atomic E-state index is 5.78. The molecule has 0 spiro atoms. The zero-order valence-electron chi connectivity index (χ0n) is 6.12. The van der Waals surface area contributed by atoms with Gasteiger partial charge in [0.05, 0.1) is 35.0 Å². The van der Waals surface area contributed by atoms with E-state index in [1.165, 1.54) is 0 Å². The molecule has 0 saturated heterocycles. The van der Waals surface area contributed by atoms with Crippen LogP contribution in [0.25, 0.3) is 0 Å². The molecular formula is C7H9IN2O. The van der Waals surface area contributed by atoms with E-state index >= 15 is 0 Å². The van der Waals surface area contributed by atoms with Gasteiger partial charge in [0, 0.05) is 11.9 Å². The molecule has 0 aliphatic carbocycles. The number of hydrogen-bond acceptors (Lipinski definition) is 3. The monoisotopic (exact) mass is 264 g/mol. The Hall–Kier alpha value is -0.390. The molecule has 2 heterocycles. The van der Waals surface area contributed by atoms with Gasteiger partial charge in [-0.15, -0.1) is 0 Å². The van der Waals surface area contributed by atoms with Gasteiger partial charge >= 0.3 is 0 Å². The van der Waals surface area contributed by atoms with Crippen LogP contribution in [0.1, 0.15) is 6.92 Å². The number of halogens is 1. The molecule has 0 radical (unpaired) electrons. The highest BCUT2D eigenvalue weighted by molar-refractivity contribution is 14.1. The summed E-state index contributed by atoms with van der Waals surface area (Å²) in [4.78, 5) is 0. The predicted molar refractivity (Wildman–Crippen MR) is 50.2 cm³/mol. The van der Waals surface area contributed by atoms with Crippen molar-refractivity contribution >= 4 is 22.9 Å². The van der Waals surface area contributed by atoms with Crippen LogP contribution in [0, 0.1) is 5.92 Å². The van der Waals surface area contributed by atoms with E-state index in [1.54, 1.807) is 6.26 Å². The summed E-state index contributed by atoms with van der Waals surface area (Å²) in [5, 5.41) is 0. The van der Waals surface area contributed by atoms with Crippen LogP contribution >= 0.6 is 22.9 Å². The first-order valence-corrected chi connectivity index (χ1v) is 4.38. The van der Waals surface area contributed by atoms with Gasteiger partial charge in [-0.2, -0.15) is 0 Å². The van der Waals surface area contributed by atoms with Crippen LogP contribution in [0.2, 0.25) is 0 Å². The third-order valence-electron chi connectivity index (χ3n) is 2.20. The maximum Gasteiger partial charge on any atom is 0.198 e. The lowest BCUT2D eigenvalue weighted by Crippen LogP contribution is -2.38. The molecule has 0 aromatic rings. The highest BCUT2D eigenvalue weighted by atomic mass is 127. The van der Waals surface area contributed by atoms with Crippen LogP contribution in [-0.4, -0.2) is 8.84 Å². The largest absolute Gasteiger partial charge is 0.474 e. The third kappa shape index (κ3) is 0.786. The first-order chi connectivity index (χ1) is 5.14. The molecule has 0 amide bonds. The molecular weight excluding hydrogens is 255 g/mol. The first kappa shape index (κ1) is 7.27. The molecule has 2 aliphatic rings. The zero-order valence-corrected chi connectivity index (χ0v) is 8.28. The fraction of sp³-hybridized carbons (Fsp3) is 0.429. The second kappa shape index (κ2) is 2.06. The van der Waals surface area contributed by atoms with Gasteiger partial charge in [-0.05, 0) is 13.0 Å². The van der Waals surface area contributed by atoms with E-state index in [4.69, 9.17) is 10.5 Å². The summed E-state index contributed by atoms with van der Waals surface area (Å²) in [5.41, 5.74) is 6.38. The van der Waals surface area contributed by atoms with Gasteiger partial charge in [-0.1, -0.05) is 0 Å². The van der Waals surface area contributed by atoms with E-state index in [0.29, 0.717) is 0 Å². The van der Waals surface area contributed by atoms with Crippen LogP contribution < -0.4 is 5.73 Å². The molecule has 0 fully saturated rings. The molecule has 11 heavy (non-hydrogen) atoms.